The molecule has 0 fully saturated rings. The highest BCUT2D eigenvalue weighted by Gasteiger charge is 2.05. The van der Waals surface area contributed by atoms with Crippen LogP contribution in [0.5, 0.6) is 0 Å². The summed E-state index contributed by atoms with van der Waals surface area (Å²) >= 11 is 0. The second kappa shape index (κ2) is 5.64. The molecule has 0 aromatic carbocycles. The SMILES string of the molecule is CCC(C)CCC[C+](C)C. The van der Waals surface area contributed by atoms with Gasteiger partial charge in [-0.05, 0) is 18.8 Å². The van der Waals surface area contributed by atoms with E-state index in [4.69, 9.17) is 0 Å². The molecule has 0 aromatic heterocycles. The van der Waals surface area contributed by atoms with E-state index in [0.717, 1.165) is 5.92 Å². The standard InChI is InChI=1S/C10H21/c1-5-10(4)8-6-7-9(2)3/h10H,5-8H2,1-4H3/q+1. The van der Waals surface area contributed by atoms with Crippen molar-refractivity contribution in [3.63, 3.8) is 0 Å². The van der Waals surface area contributed by atoms with Crippen LogP contribution in [0.1, 0.15) is 53.4 Å². The summed E-state index contributed by atoms with van der Waals surface area (Å²) in [4.78, 5) is 0. The van der Waals surface area contributed by atoms with E-state index in [1.54, 1.807) is 5.92 Å². The van der Waals surface area contributed by atoms with Crippen LogP contribution < -0.4 is 0 Å². The van der Waals surface area contributed by atoms with Crippen molar-refractivity contribution in [3.05, 3.63) is 5.92 Å². The second-order valence-corrected chi connectivity index (χ2v) is 3.61. The van der Waals surface area contributed by atoms with Crippen LogP contribution in [0.15, 0.2) is 0 Å². The Hall–Kier alpha value is -0.130. The van der Waals surface area contributed by atoms with Gasteiger partial charge >= 0.3 is 0 Å². The molecule has 0 aliphatic heterocycles. The normalized spacial score (nSPS) is 13.2. The van der Waals surface area contributed by atoms with Crippen molar-refractivity contribution < 1.29 is 0 Å². The second-order valence-electron chi connectivity index (χ2n) is 3.61. The molecule has 0 aliphatic carbocycles. The number of hydrogen-bond donors (Lipinski definition) is 0. The summed E-state index contributed by atoms with van der Waals surface area (Å²) in [6.45, 7) is 9.05. The van der Waals surface area contributed by atoms with Crippen molar-refractivity contribution in [2.75, 3.05) is 0 Å². The largest absolute Gasteiger partial charge is 0.0894 e. The van der Waals surface area contributed by atoms with Gasteiger partial charge in [0.05, 0.1) is 26.2 Å². The lowest BCUT2D eigenvalue weighted by Gasteiger charge is -2.05. The fraction of sp³-hybridized carbons (Fsp3) is 0.900. The molecule has 0 aromatic rings. The average Bonchev–Trinajstić information content (AvgIpc) is 1.87. The maximum atomic E-state index is 2.34. The van der Waals surface area contributed by atoms with Crippen molar-refractivity contribution in [1.29, 1.82) is 0 Å². The van der Waals surface area contributed by atoms with Gasteiger partial charge in [0, 0.05) is 0 Å². The van der Waals surface area contributed by atoms with Crippen LogP contribution in [-0.2, 0) is 0 Å². The smallest absolute Gasteiger partial charge is 0.0651 e. The molecular formula is C10H21+. The Labute approximate surface area is 66.0 Å². The van der Waals surface area contributed by atoms with Gasteiger partial charge in [0.2, 0.25) is 0 Å². The van der Waals surface area contributed by atoms with E-state index in [2.05, 4.69) is 27.7 Å². The molecule has 0 N–H and O–H groups in total. The molecule has 0 heteroatoms. The molecule has 1 unspecified atom stereocenters. The van der Waals surface area contributed by atoms with Gasteiger partial charge in [-0.25, -0.2) is 0 Å². The summed E-state index contributed by atoms with van der Waals surface area (Å²) in [6.07, 6.45) is 5.45. The molecule has 0 radical (unpaired) electrons. The first-order valence-electron chi connectivity index (χ1n) is 4.45. The Balaban J connectivity index is 3.03. The highest BCUT2D eigenvalue weighted by atomic mass is 14.0. The monoisotopic (exact) mass is 141 g/mol. The Morgan fingerprint density at radius 2 is 1.90 bits per heavy atom. The van der Waals surface area contributed by atoms with Gasteiger partial charge < -0.3 is 0 Å². The third-order valence-corrected chi connectivity index (χ3v) is 2.07. The molecule has 0 rings (SSSR count). The molecule has 0 nitrogen and oxygen atoms in total. The topological polar surface area (TPSA) is 0 Å². The van der Waals surface area contributed by atoms with Gasteiger partial charge in [0.1, 0.15) is 0 Å². The summed E-state index contributed by atoms with van der Waals surface area (Å²) in [5.74, 6) is 2.50. The van der Waals surface area contributed by atoms with Gasteiger partial charge in [-0.3, -0.25) is 0 Å². The fourth-order valence-corrected chi connectivity index (χ4v) is 1.01. The molecular weight excluding hydrogens is 120 g/mol. The molecule has 0 saturated heterocycles. The van der Waals surface area contributed by atoms with Crippen LogP contribution in [-0.4, -0.2) is 0 Å². The van der Waals surface area contributed by atoms with E-state index < -0.39 is 0 Å². The van der Waals surface area contributed by atoms with E-state index >= 15 is 0 Å². The van der Waals surface area contributed by atoms with Crippen LogP contribution in [0, 0.1) is 11.8 Å². The predicted molar refractivity (Wildman–Crippen MR) is 47.9 cm³/mol. The minimum absolute atomic E-state index is 0.930. The zero-order chi connectivity index (χ0) is 7.98. The summed E-state index contributed by atoms with van der Waals surface area (Å²) in [5, 5.41) is 0. The minimum Gasteiger partial charge on any atom is -0.0651 e. The first-order chi connectivity index (χ1) is 4.66. The van der Waals surface area contributed by atoms with E-state index in [1.807, 2.05) is 0 Å². The van der Waals surface area contributed by atoms with Crippen LogP contribution in [0.2, 0.25) is 0 Å². The van der Waals surface area contributed by atoms with Crippen LogP contribution in [0.3, 0.4) is 0 Å². The van der Waals surface area contributed by atoms with E-state index in [9.17, 15) is 0 Å². The lowest BCUT2D eigenvalue weighted by atomic mass is 9.98. The van der Waals surface area contributed by atoms with Crippen molar-refractivity contribution in [2.24, 2.45) is 5.92 Å². The molecule has 0 saturated carbocycles. The van der Waals surface area contributed by atoms with E-state index in [1.165, 1.54) is 25.7 Å². The first-order valence-corrected chi connectivity index (χ1v) is 4.45. The molecule has 0 amide bonds. The first kappa shape index (κ1) is 9.87. The van der Waals surface area contributed by atoms with Gasteiger partial charge in [-0.1, -0.05) is 20.3 Å². The molecule has 60 valence electrons. The summed E-state index contributed by atoms with van der Waals surface area (Å²) < 4.78 is 0. The van der Waals surface area contributed by atoms with Gasteiger partial charge in [0.15, 0.2) is 0 Å². The maximum absolute atomic E-state index is 2.34. The minimum atomic E-state index is 0.930. The summed E-state index contributed by atoms with van der Waals surface area (Å²) in [6, 6.07) is 0. The Kier molecular flexibility index (Phi) is 5.57. The number of rotatable bonds is 5. The molecule has 0 heterocycles. The summed E-state index contributed by atoms with van der Waals surface area (Å²) in [7, 11) is 0. The third-order valence-electron chi connectivity index (χ3n) is 2.07. The Bertz CT molecular complexity index is 64.4. The molecule has 10 heavy (non-hydrogen) atoms. The van der Waals surface area contributed by atoms with E-state index in [0.29, 0.717) is 0 Å². The van der Waals surface area contributed by atoms with Crippen molar-refractivity contribution >= 4 is 0 Å². The zero-order valence-electron chi connectivity index (χ0n) is 7.91. The lowest BCUT2D eigenvalue weighted by molar-refractivity contribution is 0.488. The third kappa shape index (κ3) is 6.00. The highest BCUT2D eigenvalue weighted by molar-refractivity contribution is 4.76. The predicted octanol–water partition coefficient (Wildman–Crippen LogP) is 3.82. The lowest BCUT2D eigenvalue weighted by Crippen LogP contribution is -1.93. The van der Waals surface area contributed by atoms with Gasteiger partial charge in [-0.15, -0.1) is 0 Å². The van der Waals surface area contributed by atoms with Crippen LogP contribution in [0.25, 0.3) is 0 Å². The number of hydrogen-bond acceptors (Lipinski definition) is 0. The van der Waals surface area contributed by atoms with Crippen molar-refractivity contribution in [3.8, 4) is 0 Å². The summed E-state index contributed by atoms with van der Waals surface area (Å²) in [5.41, 5.74) is 0. The molecule has 0 bridgehead atoms. The molecule has 1 atom stereocenters. The van der Waals surface area contributed by atoms with Crippen molar-refractivity contribution in [1.82, 2.24) is 0 Å². The van der Waals surface area contributed by atoms with E-state index in [-0.39, 0.29) is 0 Å². The molecule has 0 spiro atoms. The zero-order valence-corrected chi connectivity index (χ0v) is 7.91. The van der Waals surface area contributed by atoms with Crippen molar-refractivity contribution in [2.45, 2.75) is 53.4 Å². The molecule has 0 aliphatic rings. The highest BCUT2D eigenvalue weighted by Crippen LogP contribution is 2.14. The quantitative estimate of drug-likeness (QED) is 0.511. The average molecular weight is 141 g/mol. The van der Waals surface area contributed by atoms with Crippen LogP contribution >= 0.6 is 0 Å². The maximum Gasteiger partial charge on any atom is 0.0894 e. The van der Waals surface area contributed by atoms with Gasteiger partial charge in [-0.2, -0.15) is 0 Å². The Morgan fingerprint density at radius 1 is 1.30 bits per heavy atom. The van der Waals surface area contributed by atoms with Crippen LogP contribution in [0.4, 0.5) is 0 Å². The Morgan fingerprint density at radius 3 is 2.30 bits per heavy atom. The fourth-order valence-electron chi connectivity index (χ4n) is 1.01. The van der Waals surface area contributed by atoms with Gasteiger partial charge in [0.25, 0.3) is 0 Å².